The molecule has 2 rings (SSSR count). The van der Waals surface area contributed by atoms with Gasteiger partial charge in [0.05, 0.1) is 11.9 Å². The molecule has 0 bridgehead atoms. The number of carbonyl (C=O) groups excluding carboxylic acids is 2. The van der Waals surface area contributed by atoms with Crippen LogP contribution in [0.15, 0.2) is 37.4 Å². The predicted octanol–water partition coefficient (Wildman–Crippen LogP) is -5.13. The number of imidazole rings is 2. The SMILES string of the molecule is O=C([O-])[C@H](O)[C@@H](O)C(=O)[O-].c1c[nH+]c[nH]1.c1c[nH+]c[nH]1. The van der Waals surface area contributed by atoms with E-state index in [0.717, 1.165) is 0 Å². The topological polar surface area (TPSA) is 181 Å². The number of aromatic nitrogens is 4. The Morgan fingerprint density at radius 3 is 1.35 bits per heavy atom. The largest absolute Gasteiger partial charge is 0.547 e. The van der Waals surface area contributed by atoms with E-state index in [1.807, 2.05) is 24.8 Å². The van der Waals surface area contributed by atoms with E-state index in [4.69, 9.17) is 10.2 Å². The van der Waals surface area contributed by atoms with Crippen LogP contribution in [0.25, 0.3) is 0 Å². The molecule has 0 spiro atoms. The van der Waals surface area contributed by atoms with Crippen LogP contribution < -0.4 is 20.2 Å². The van der Waals surface area contributed by atoms with Crippen molar-refractivity contribution in [1.82, 2.24) is 9.97 Å². The summed E-state index contributed by atoms with van der Waals surface area (Å²) in [6.45, 7) is 0. The second-order valence-corrected chi connectivity index (χ2v) is 3.15. The highest BCUT2D eigenvalue weighted by molar-refractivity contribution is 5.80. The Hall–Kier alpha value is -2.72. The first-order chi connectivity index (χ1) is 9.46. The summed E-state index contributed by atoms with van der Waals surface area (Å²) in [5, 5.41) is 35.7. The molecule has 0 aliphatic heterocycles. The quantitative estimate of drug-likeness (QED) is 0.437. The molecule has 0 radical (unpaired) electrons. The lowest BCUT2D eigenvalue weighted by Gasteiger charge is -2.18. The van der Waals surface area contributed by atoms with E-state index in [-0.39, 0.29) is 0 Å². The second kappa shape index (κ2) is 10.2. The van der Waals surface area contributed by atoms with Crippen molar-refractivity contribution < 1.29 is 40.0 Å². The van der Waals surface area contributed by atoms with Crippen LogP contribution in [0.3, 0.4) is 0 Å². The highest BCUT2D eigenvalue weighted by atomic mass is 16.4. The molecule has 2 heterocycles. The van der Waals surface area contributed by atoms with Gasteiger partial charge in [-0.1, -0.05) is 0 Å². The monoisotopic (exact) mass is 286 g/mol. The van der Waals surface area contributed by atoms with Crippen molar-refractivity contribution in [2.45, 2.75) is 12.2 Å². The third-order valence-electron chi connectivity index (χ3n) is 1.67. The van der Waals surface area contributed by atoms with E-state index in [9.17, 15) is 19.8 Å². The number of hydrogen-bond acceptors (Lipinski definition) is 6. The average molecular weight is 286 g/mol. The number of carboxylic acid groups (broad SMARTS) is 2. The average Bonchev–Trinajstić information content (AvgIpc) is 3.12. The zero-order chi connectivity index (χ0) is 15.4. The molecule has 2 atom stereocenters. The Morgan fingerprint density at radius 2 is 1.25 bits per heavy atom. The van der Waals surface area contributed by atoms with Crippen LogP contribution in [0.4, 0.5) is 0 Å². The fraction of sp³-hybridized carbons (Fsp3) is 0.200. The maximum atomic E-state index is 9.63. The smallest absolute Gasteiger partial charge is 0.239 e. The van der Waals surface area contributed by atoms with Crippen LogP contribution in [0.2, 0.25) is 0 Å². The summed E-state index contributed by atoms with van der Waals surface area (Å²) in [6, 6.07) is 0. The van der Waals surface area contributed by atoms with Crippen LogP contribution in [-0.2, 0) is 9.59 Å². The first-order valence-corrected chi connectivity index (χ1v) is 5.22. The fourth-order valence-corrected chi connectivity index (χ4v) is 0.739. The maximum Gasteiger partial charge on any atom is 0.239 e. The summed E-state index contributed by atoms with van der Waals surface area (Å²) in [5.74, 6) is -4.12. The highest BCUT2D eigenvalue weighted by Gasteiger charge is 2.17. The Morgan fingerprint density at radius 1 is 0.900 bits per heavy atom. The molecule has 10 nitrogen and oxygen atoms in total. The molecule has 0 amide bonds. The molecular formula is C10H14N4O6. The summed E-state index contributed by atoms with van der Waals surface area (Å²) in [5.41, 5.74) is 0. The normalized spacial score (nSPS) is 11.9. The lowest BCUT2D eigenvalue weighted by Crippen LogP contribution is -2.51. The van der Waals surface area contributed by atoms with Gasteiger partial charge in [0, 0.05) is 0 Å². The zero-order valence-electron chi connectivity index (χ0n) is 10.1. The van der Waals surface area contributed by atoms with E-state index in [1.54, 1.807) is 12.7 Å². The summed E-state index contributed by atoms with van der Waals surface area (Å²) < 4.78 is 0. The standard InChI is InChI=1S/C4H6O6.2C3H4N2/c5-1(3(7)8)2(6)4(9)10;2*1-2-5-3-4-1/h1-2,5-6H,(H,7,8)(H,9,10);2*1-3H,(H,4,5)/t1-,2-;;/m1../s1. The predicted molar refractivity (Wildman–Crippen MR) is 56.7 cm³/mol. The van der Waals surface area contributed by atoms with E-state index < -0.39 is 24.1 Å². The molecule has 0 saturated heterocycles. The Bertz CT molecular complexity index is 379. The first-order valence-electron chi connectivity index (χ1n) is 5.22. The summed E-state index contributed by atoms with van der Waals surface area (Å²) in [4.78, 5) is 30.5. The van der Waals surface area contributed by atoms with Gasteiger partial charge in [0.2, 0.25) is 12.7 Å². The second-order valence-electron chi connectivity index (χ2n) is 3.15. The van der Waals surface area contributed by atoms with Gasteiger partial charge in [0.15, 0.2) is 0 Å². The molecule has 10 heteroatoms. The Kier molecular flexibility index (Phi) is 8.83. The van der Waals surface area contributed by atoms with Gasteiger partial charge >= 0.3 is 0 Å². The van der Waals surface area contributed by atoms with Crippen LogP contribution in [-0.4, -0.2) is 44.3 Å². The van der Waals surface area contributed by atoms with Gasteiger partial charge in [-0.05, 0) is 0 Å². The molecule has 0 saturated carbocycles. The number of hydrogen-bond donors (Lipinski definition) is 4. The van der Waals surface area contributed by atoms with E-state index in [0.29, 0.717) is 0 Å². The lowest BCUT2D eigenvalue weighted by atomic mass is 10.2. The van der Waals surface area contributed by atoms with Crippen molar-refractivity contribution >= 4 is 11.9 Å². The molecule has 110 valence electrons. The molecule has 20 heavy (non-hydrogen) atoms. The van der Waals surface area contributed by atoms with E-state index in [2.05, 4.69) is 19.9 Å². The molecule has 2 aromatic rings. The molecular weight excluding hydrogens is 272 g/mol. The van der Waals surface area contributed by atoms with Crippen molar-refractivity contribution in [2.24, 2.45) is 0 Å². The van der Waals surface area contributed by atoms with Gasteiger partial charge in [-0.2, -0.15) is 0 Å². The number of rotatable bonds is 3. The molecule has 0 aromatic carbocycles. The molecule has 2 aromatic heterocycles. The minimum Gasteiger partial charge on any atom is -0.547 e. The van der Waals surface area contributed by atoms with Gasteiger partial charge in [-0.3, -0.25) is 19.9 Å². The summed E-state index contributed by atoms with van der Waals surface area (Å²) in [7, 11) is 0. The molecule has 6 N–H and O–H groups in total. The minimum atomic E-state index is -2.44. The van der Waals surface area contributed by atoms with Gasteiger partial charge in [0.1, 0.15) is 37.0 Å². The van der Waals surface area contributed by atoms with Crippen molar-refractivity contribution in [3.63, 3.8) is 0 Å². The van der Waals surface area contributed by atoms with Gasteiger partial charge in [-0.15, -0.1) is 0 Å². The number of H-pyrrole nitrogens is 4. The number of carbonyl (C=O) groups is 2. The van der Waals surface area contributed by atoms with Crippen molar-refractivity contribution in [1.29, 1.82) is 0 Å². The third-order valence-corrected chi connectivity index (χ3v) is 1.67. The van der Waals surface area contributed by atoms with Gasteiger partial charge in [-0.25, -0.2) is 0 Å². The van der Waals surface area contributed by atoms with E-state index >= 15 is 0 Å². The van der Waals surface area contributed by atoms with Crippen molar-refractivity contribution in [3.05, 3.63) is 37.4 Å². The lowest BCUT2D eigenvalue weighted by molar-refractivity contribution is -0.376. The Labute approximate surface area is 112 Å². The fourth-order valence-electron chi connectivity index (χ4n) is 0.739. The minimum absolute atomic E-state index is 1.75. The van der Waals surface area contributed by atoms with Gasteiger partial charge in [0.25, 0.3) is 0 Å². The highest BCUT2D eigenvalue weighted by Crippen LogP contribution is 1.88. The number of aromatic amines is 4. The van der Waals surface area contributed by atoms with Crippen LogP contribution in [0.5, 0.6) is 0 Å². The number of aliphatic carboxylic acids is 2. The summed E-state index contributed by atoms with van der Waals surface area (Å²) >= 11 is 0. The van der Waals surface area contributed by atoms with Crippen LogP contribution >= 0.6 is 0 Å². The maximum absolute atomic E-state index is 9.63. The molecule has 0 unspecified atom stereocenters. The first kappa shape index (κ1) is 17.3. The Balaban J connectivity index is 0.000000298. The summed E-state index contributed by atoms with van der Waals surface area (Å²) in [6.07, 6.45) is 5.90. The number of nitrogens with one attached hydrogen (secondary N) is 4. The third kappa shape index (κ3) is 8.38. The van der Waals surface area contributed by atoms with Crippen LogP contribution in [0.1, 0.15) is 0 Å². The molecule has 0 aliphatic carbocycles. The van der Waals surface area contributed by atoms with Crippen molar-refractivity contribution in [3.8, 4) is 0 Å². The zero-order valence-corrected chi connectivity index (χ0v) is 10.1. The molecule has 0 aliphatic rings. The van der Waals surface area contributed by atoms with Crippen molar-refractivity contribution in [2.75, 3.05) is 0 Å². The van der Waals surface area contributed by atoms with Crippen LogP contribution in [0, 0.1) is 0 Å². The number of aliphatic hydroxyl groups excluding tert-OH is 2. The number of carboxylic acids is 2. The van der Waals surface area contributed by atoms with Gasteiger partial charge < -0.3 is 30.0 Å². The van der Waals surface area contributed by atoms with E-state index in [1.165, 1.54) is 0 Å². The number of aliphatic hydroxyl groups is 2. The molecule has 0 fully saturated rings.